The highest BCUT2D eigenvalue weighted by molar-refractivity contribution is 5.82. The second-order valence-electron chi connectivity index (χ2n) is 9.88. The number of aromatic hydroxyl groups is 1. The number of hydrogen-bond donors (Lipinski definition) is 2. The first kappa shape index (κ1) is 27.6. The van der Waals surface area contributed by atoms with Crippen LogP contribution in [0.5, 0.6) is 17.2 Å². The molecule has 3 N–H and O–H groups in total. The van der Waals surface area contributed by atoms with Crippen LogP contribution in [-0.4, -0.2) is 58.6 Å². The summed E-state index contributed by atoms with van der Waals surface area (Å²) < 4.78 is 12.7. The molecule has 1 saturated heterocycles. The highest BCUT2D eigenvalue weighted by Gasteiger charge is 2.34. The van der Waals surface area contributed by atoms with Gasteiger partial charge in [0.25, 0.3) is 5.56 Å². The van der Waals surface area contributed by atoms with E-state index in [9.17, 15) is 9.90 Å². The van der Waals surface area contributed by atoms with Crippen molar-refractivity contribution in [1.29, 1.82) is 0 Å². The lowest BCUT2D eigenvalue weighted by Gasteiger charge is -2.40. The molecule has 3 aromatic carbocycles. The highest BCUT2D eigenvalue weighted by Crippen LogP contribution is 2.35. The van der Waals surface area contributed by atoms with Crippen molar-refractivity contribution in [2.75, 3.05) is 33.9 Å². The van der Waals surface area contributed by atoms with E-state index in [2.05, 4.69) is 0 Å². The maximum atomic E-state index is 14.1. The Morgan fingerprint density at radius 2 is 1.80 bits per heavy atom. The van der Waals surface area contributed by atoms with E-state index in [0.717, 1.165) is 11.1 Å². The summed E-state index contributed by atoms with van der Waals surface area (Å²) >= 11 is 0. The molecule has 210 valence electrons. The van der Waals surface area contributed by atoms with Gasteiger partial charge in [-0.2, -0.15) is 10.1 Å². The van der Waals surface area contributed by atoms with Crippen molar-refractivity contribution in [3.63, 3.8) is 0 Å². The Morgan fingerprint density at radius 1 is 1.05 bits per heavy atom. The van der Waals surface area contributed by atoms with Gasteiger partial charge in [-0.3, -0.25) is 9.36 Å². The largest absolute Gasteiger partial charge is 0.508 e. The molecule has 4 aromatic rings. The Morgan fingerprint density at radius 3 is 2.50 bits per heavy atom. The Labute approximate surface area is 233 Å². The Kier molecular flexibility index (Phi) is 8.32. The van der Waals surface area contributed by atoms with Gasteiger partial charge in [0.1, 0.15) is 11.6 Å². The maximum absolute atomic E-state index is 14.1. The summed E-state index contributed by atoms with van der Waals surface area (Å²) in [5.74, 6) is 1.70. The van der Waals surface area contributed by atoms with E-state index >= 15 is 0 Å². The highest BCUT2D eigenvalue weighted by atomic mass is 16.8. The molecular weight excluding hydrogens is 510 g/mol. The number of aromatic nitrogens is 2. The van der Waals surface area contributed by atoms with Gasteiger partial charge in [0.2, 0.25) is 0 Å². The van der Waals surface area contributed by atoms with Crippen LogP contribution in [0.15, 0.2) is 65.5 Å². The van der Waals surface area contributed by atoms with Crippen molar-refractivity contribution in [3.05, 3.63) is 93.5 Å². The third kappa shape index (κ3) is 5.66. The summed E-state index contributed by atoms with van der Waals surface area (Å²) in [6.07, 6.45) is 0.632. The number of aryl methyl sites for hydroxylation is 1. The number of benzene rings is 3. The van der Waals surface area contributed by atoms with Crippen molar-refractivity contribution in [2.45, 2.75) is 32.5 Å². The Balaban J connectivity index is 1.66. The van der Waals surface area contributed by atoms with Crippen molar-refractivity contribution < 1.29 is 19.5 Å². The number of phenolic OH excluding ortho intramolecular Hbond substituents is 1. The van der Waals surface area contributed by atoms with Gasteiger partial charge in [-0.15, -0.1) is 0 Å². The first-order chi connectivity index (χ1) is 19.4. The minimum absolute atomic E-state index is 0.184. The number of nitrogens with two attached hydrogens (primary N) is 1. The molecule has 0 spiro atoms. The van der Waals surface area contributed by atoms with E-state index in [1.54, 1.807) is 47.1 Å². The molecule has 0 aliphatic carbocycles. The molecule has 40 heavy (non-hydrogen) atoms. The van der Waals surface area contributed by atoms with E-state index in [-0.39, 0.29) is 23.9 Å². The first-order valence-electron chi connectivity index (χ1n) is 13.3. The van der Waals surface area contributed by atoms with E-state index in [1.807, 2.05) is 49.4 Å². The van der Waals surface area contributed by atoms with Crippen LogP contribution in [-0.2, 0) is 18.0 Å². The van der Waals surface area contributed by atoms with E-state index in [4.69, 9.17) is 25.1 Å². The Bertz CT molecular complexity index is 1540. The fraction of sp³-hybridized carbons (Fsp3) is 0.333. The smallest absolute Gasteiger partial charge is 0.261 e. The number of hydrogen-bond acceptors (Lipinski definition) is 9. The predicted molar refractivity (Wildman–Crippen MR) is 152 cm³/mol. The first-order valence-corrected chi connectivity index (χ1v) is 13.3. The molecule has 1 aliphatic heterocycles. The van der Waals surface area contributed by atoms with Crippen molar-refractivity contribution >= 4 is 10.9 Å². The van der Waals surface area contributed by atoms with Gasteiger partial charge in [0.15, 0.2) is 11.5 Å². The van der Waals surface area contributed by atoms with Crippen LogP contribution < -0.4 is 20.8 Å². The Hall–Kier alpha value is -3.96. The van der Waals surface area contributed by atoms with Crippen LogP contribution in [0.4, 0.5) is 0 Å². The normalized spacial score (nSPS) is 16.4. The van der Waals surface area contributed by atoms with Crippen LogP contribution in [0, 0.1) is 6.92 Å². The number of hydroxylamine groups is 4. The lowest BCUT2D eigenvalue weighted by Crippen LogP contribution is -2.47. The van der Waals surface area contributed by atoms with Crippen LogP contribution in [0.25, 0.3) is 10.9 Å². The van der Waals surface area contributed by atoms with E-state index in [0.29, 0.717) is 66.4 Å². The average Bonchev–Trinajstić information content (AvgIpc) is 2.96. The minimum atomic E-state index is -0.386. The van der Waals surface area contributed by atoms with E-state index in [1.165, 1.54) is 0 Å². The van der Waals surface area contributed by atoms with Gasteiger partial charge in [-0.1, -0.05) is 42.5 Å². The molecule has 1 fully saturated rings. The number of phenols is 1. The maximum Gasteiger partial charge on any atom is 0.261 e. The molecule has 1 aliphatic rings. The molecule has 1 atom stereocenters. The van der Waals surface area contributed by atoms with Gasteiger partial charge >= 0.3 is 0 Å². The average molecular weight is 546 g/mol. The molecule has 10 nitrogen and oxygen atoms in total. The predicted octanol–water partition coefficient (Wildman–Crippen LogP) is 3.53. The fourth-order valence-electron chi connectivity index (χ4n) is 5.06. The molecule has 1 unspecified atom stereocenters. The summed E-state index contributed by atoms with van der Waals surface area (Å²) in [5.41, 5.74) is 8.77. The molecule has 10 heteroatoms. The van der Waals surface area contributed by atoms with Crippen LogP contribution in [0.2, 0.25) is 0 Å². The second-order valence-corrected chi connectivity index (χ2v) is 9.88. The molecular formula is C30H35N5O5. The zero-order chi connectivity index (χ0) is 28.2. The summed E-state index contributed by atoms with van der Waals surface area (Å²) in [6, 6.07) is 18.4. The molecule has 2 heterocycles. The lowest BCUT2D eigenvalue weighted by molar-refractivity contribution is -0.371. The van der Waals surface area contributed by atoms with Gasteiger partial charge in [-0.25, -0.2) is 9.92 Å². The number of methoxy groups -OCH3 is 2. The minimum Gasteiger partial charge on any atom is -0.508 e. The molecule has 5 rings (SSSR count). The van der Waals surface area contributed by atoms with E-state index < -0.39 is 0 Å². The van der Waals surface area contributed by atoms with Crippen molar-refractivity contribution in [3.8, 4) is 17.2 Å². The monoisotopic (exact) mass is 545 g/mol. The number of nitrogens with zero attached hydrogens (tertiary/aromatic N) is 4. The van der Waals surface area contributed by atoms with Crippen molar-refractivity contribution in [2.24, 2.45) is 5.73 Å². The molecule has 0 saturated carbocycles. The quantitative estimate of drug-likeness (QED) is 0.326. The van der Waals surface area contributed by atoms with Gasteiger partial charge in [0.05, 0.1) is 44.3 Å². The lowest BCUT2D eigenvalue weighted by atomic mass is 10.1. The summed E-state index contributed by atoms with van der Waals surface area (Å²) in [7, 11) is 3.09. The zero-order valence-corrected chi connectivity index (χ0v) is 23.0. The third-order valence-electron chi connectivity index (χ3n) is 7.14. The number of rotatable bonds is 9. The summed E-state index contributed by atoms with van der Waals surface area (Å²) in [6.45, 7) is 4.12. The van der Waals surface area contributed by atoms with Gasteiger partial charge in [-0.05, 0) is 36.6 Å². The van der Waals surface area contributed by atoms with Gasteiger partial charge < -0.3 is 20.3 Å². The molecule has 0 amide bonds. The number of ether oxygens (including phenoxy) is 2. The zero-order valence-electron chi connectivity index (χ0n) is 23.0. The van der Waals surface area contributed by atoms with Crippen molar-refractivity contribution in [1.82, 2.24) is 19.7 Å². The van der Waals surface area contributed by atoms with Crippen LogP contribution >= 0.6 is 0 Å². The number of fused-ring (bicyclic) bond motifs is 1. The summed E-state index contributed by atoms with van der Waals surface area (Å²) in [5, 5.41) is 14.7. The summed E-state index contributed by atoms with van der Waals surface area (Å²) in [4.78, 5) is 25.4. The molecule has 0 bridgehead atoms. The van der Waals surface area contributed by atoms with Crippen LogP contribution in [0.3, 0.4) is 0 Å². The standard InChI is InChI=1S/C30H35N5O5/c1-20-9-10-22(26(36)15-20)19-35-25(11-13-33(40-35)14-12-31)29-32-24-17-28(39-3)27(38-2)16-23(24)30(37)34(29)18-21-7-5-4-6-8-21/h4-10,15-17,25,36H,11-14,18-19,31H2,1-3H3. The van der Waals surface area contributed by atoms with Crippen LogP contribution in [0.1, 0.15) is 35.0 Å². The fourth-order valence-corrected chi connectivity index (χ4v) is 5.06. The molecule has 0 radical (unpaired) electrons. The molecule has 1 aromatic heterocycles. The SMILES string of the molecule is COc1cc2nc(C3CCN(CCN)ON3Cc3ccc(C)cc3O)n(Cc3ccccc3)c(=O)c2cc1OC. The second kappa shape index (κ2) is 12.1. The third-order valence-corrected chi connectivity index (χ3v) is 7.14. The van der Waals surface area contributed by atoms with Gasteiger partial charge in [0, 0.05) is 31.3 Å². The topological polar surface area (TPSA) is 115 Å².